The number of nitrogens with two attached hydrogens (primary N) is 1. The van der Waals surface area contributed by atoms with Crippen LogP contribution >= 0.6 is 0 Å². The van der Waals surface area contributed by atoms with Gasteiger partial charge in [-0.25, -0.2) is 15.0 Å². The van der Waals surface area contributed by atoms with Crippen molar-refractivity contribution in [1.29, 1.82) is 0 Å². The van der Waals surface area contributed by atoms with Gasteiger partial charge in [-0.1, -0.05) is 20.3 Å². The zero-order valence-corrected chi connectivity index (χ0v) is 17.5. The van der Waals surface area contributed by atoms with E-state index in [2.05, 4.69) is 34.1 Å². The first-order valence-corrected chi connectivity index (χ1v) is 10.9. The molecule has 1 aliphatic heterocycles. The van der Waals surface area contributed by atoms with Gasteiger partial charge in [-0.2, -0.15) is 0 Å². The number of rotatable bonds is 4. The Balaban J connectivity index is 1.29. The SMILES string of the molecule is CC1(C)CCCC(NC(=O)[C@@H]2CC3C[C@H]3N2C(=O)Cn2cnc3c(N)ncnc32)C1. The first-order chi connectivity index (χ1) is 14.3. The summed E-state index contributed by atoms with van der Waals surface area (Å²) in [7, 11) is 0. The Hall–Kier alpha value is -2.71. The lowest BCUT2D eigenvalue weighted by atomic mass is 9.75. The Morgan fingerprint density at radius 1 is 1.27 bits per heavy atom. The number of nitrogens with zero attached hydrogens (tertiary/aromatic N) is 5. The molecule has 30 heavy (non-hydrogen) atoms. The number of carbonyl (C=O) groups excluding carboxylic acids is 2. The smallest absolute Gasteiger partial charge is 0.243 e. The van der Waals surface area contributed by atoms with Crippen molar-refractivity contribution in [3.8, 4) is 0 Å². The Kier molecular flexibility index (Phi) is 4.44. The van der Waals surface area contributed by atoms with Gasteiger partial charge < -0.3 is 20.5 Å². The number of hydrogen-bond donors (Lipinski definition) is 2. The maximum Gasteiger partial charge on any atom is 0.243 e. The molecule has 2 aliphatic carbocycles. The Labute approximate surface area is 175 Å². The maximum atomic E-state index is 13.2. The fourth-order valence-corrected chi connectivity index (χ4v) is 5.41. The number of piperidine rings is 1. The Morgan fingerprint density at radius 3 is 2.90 bits per heavy atom. The van der Waals surface area contributed by atoms with Crippen LogP contribution in [0.25, 0.3) is 11.2 Å². The van der Waals surface area contributed by atoms with E-state index in [4.69, 9.17) is 5.73 Å². The lowest BCUT2D eigenvalue weighted by Crippen LogP contribution is -2.52. The van der Waals surface area contributed by atoms with E-state index < -0.39 is 0 Å². The predicted octanol–water partition coefficient (Wildman–Crippen LogP) is 1.48. The second kappa shape index (κ2) is 6.92. The molecule has 1 saturated heterocycles. The standard InChI is InChI=1S/C21H29N7O2/c1-21(2)5-3-4-13(8-21)26-20(30)15-7-12-6-14(12)28(15)16(29)9-27-11-25-17-18(22)23-10-24-19(17)27/h10-15H,3-9H2,1-2H3,(H,26,30)(H2,22,23,24)/t12?,13?,14-,15+/m1/s1. The molecule has 2 unspecified atom stereocenters. The number of nitrogens with one attached hydrogen (secondary N) is 1. The summed E-state index contributed by atoms with van der Waals surface area (Å²) in [6, 6.07) is 0.0127. The van der Waals surface area contributed by atoms with Crippen molar-refractivity contribution in [2.24, 2.45) is 11.3 Å². The fraction of sp³-hybridized carbons (Fsp3) is 0.667. The molecular weight excluding hydrogens is 382 g/mol. The van der Waals surface area contributed by atoms with E-state index in [-0.39, 0.29) is 41.9 Å². The second-order valence-corrected chi connectivity index (χ2v) is 9.89. The summed E-state index contributed by atoms with van der Waals surface area (Å²) in [6.07, 6.45) is 9.03. The van der Waals surface area contributed by atoms with Gasteiger partial charge in [0.2, 0.25) is 11.8 Å². The number of fused-ring (bicyclic) bond motifs is 2. The number of carbonyl (C=O) groups is 2. The third-order valence-corrected chi connectivity index (χ3v) is 6.98. The number of nitrogen functional groups attached to an aromatic ring is 1. The number of imidazole rings is 1. The topological polar surface area (TPSA) is 119 Å². The monoisotopic (exact) mass is 411 g/mol. The van der Waals surface area contributed by atoms with Crippen LogP contribution in [-0.2, 0) is 16.1 Å². The molecule has 9 nitrogen and oxygen atoms in total. The Morgan fingerprint density at radius 2 is 2.10 bits per heavy atom. The minimum absolute atomic E-state index is 0.000286. The van der Waals surface area contributed by atoms with Crippen LogP contribution in [0.1, 0.15) is 52.4 Å². The van der Waals surface area contributed by atoms with Gasteiger partial charge in [-0.3, -0.25) is 9.59 Å². The first kappa shape index (κ1) is 19.3. The van der Waals surface area contributed by atoms with E-state index in [0.29, 0.717) is 22.9 Å². The summed E-state index contributed by atoms with van der Waals surface area (Å²) in [5.41, 5.74) is 7.13. The lowest BCUT2D eigenvalue weighted by molar-refractivity contribution is -0.140. The number of aromatic nitrogens is 4. The zero-order chi connectivity index (χ0) is 21.0. The van der Waals surface area contributed by atoms with E-state index in [1.165, 1.54) is 12.7 Å². The molecule has 9 heteroatoms. The quantitative estimate of drug-likeness (QED) is 0.787. The highest BCUT2D eigenvalue weighted by atomic mass is 16.2. The van der Waals surface area contributed by atoms with Crippen molar-refractivity contribution in [2.45, 2.75) is 77.0 Å². The summed E-state index contributed by atoms with van der Waals surface area (Å²) >= 11 is 0. The van der Waals surface area contributed by atoms with Crippen LogP contribution in [0.2, 0.25) is 0 Å². The van der Waals surface area contributed by atoms with Crippen LogP contribution in [0.3, 0.4) is 0 Å². The zero-order valence-electron chi connectivity index (χ0n) is 17.5. The van der Waals surface area contributed by atoms with Crippen LogP contribution < -0.4 is 11.1 Å². The molecule has 3 heterocycles. The van der Waals surface area contributed by atoms with E-state index in [1.807, 2.05) is 4.90 Å². The summed E-state index contributed by atoms with van der Waals surface area (Å²) in [5.74, 6) is 0.674. The largest absolute Gasteiger partial charge is 0.382 e. The van der Waals surface area contributed by atoms with Gasteiger partial charge in [0.15, 0.2) is 11.5 Å². The van der Waals surface area contributed by atoms with Crippen LogP contribution in [-0.4, -0.2) is 54.4 Å². The van der Waals surface area contributed by atoms with Gasteiger partial charge in [-0.15, -0.1) is 0 Å². The molecule has 3 fully saturated rings. The molecule has 160 valence electrons. The molecule has 2 amide bonds. The molecule has 0 spiro atoms. The third kappa shape index (κ3) is 3.40. The third-order valence-electron chi connectivity index (χ3n) is 6.98. The van der Waals surface area contributed by atoms with E-state index in [9.17, 15) is 9.59 Å². The van der Waals surface area contributed by atoms with Gasteiger partial charge in [-0.05, 0) is 43.4 Å². The fourth-order valence-electron chi connectivity index (χ4n) is 5.41. The normalized spacial score (nSPS) is 29.6. The number of likely N-dealkylation sites (tertiary alicyclic amines) is 1. The average Bonchev–Trinajstić information content (AvgIpc) is 3.14. The molecule has 2 saturated carbocycles. The van der Waals surface area contributed by atoms with Gasteiger partial charge in [0, 0.05) is 12.1 Å². The number of hydrogen-bond acceptors (Lipinski definition) is 6. The molecule has 3 N–H and O–H groups in total. The van der Waals surface area contributed by atoms with Gasteiger partial charge in [0.1, 0.15) is 24.4 Å². The van der Waals surface area contributed by atoms with E-state index in [0.717, 1.165) is 32.1 Å². The minimum atomic E-state index is -0.374. The second-order valence-electron chi connectivity index (χ2n) is 9.89. The highest BCUT2D eigenvalue weighted by Gasteiger charge is 2.56. The van der Waals surface area contributed by atoms with Crippen molar-refractivity contribution >= 4 is 28.8 Å². The first-order valence-electron chi connectivity index (χ1n) is 10.9. The van der Waals surface area contributed by atoms with Gasteiger partial charge >= 0.3 is 0 Å². The van der Waals surface area contributed by atoms with E-state index >= 15 is 0 Å². The van der Waals surface area contributed by atoms with Crippen molar-refractivity contribution in [3.63, 3.8) is 0 Å². The maximum absolute atomic E-state index is 13.2. The summed E-state index contributed by atoms with van der Waals surface area (Å²) in [6.45, 7) is 4.62. The number of anilines is 1. The molecule has 4 atom stereocenters. The molecule has 3 aliphatic rings. The minimum Gasteiger partial charge on any atom is -0.382 e. The van der Waals surface area contributed by atoms with Crippen molar-refractivity contribution in [2.75, 3.05) is 5.73 Å². The summed E-state index contributed by atoms with van der Waals surface area (Å²) < 4.78 is 1.68. The van der Waals surface area contributed by atoms with E-state index in [1.54, 1.807) is 10.9 Å². The lowest BCUT2D eigenvalue weighted by Gasteiger charge is -2.37. The highest BCUT2D eigenvalue weighted by Crippen LogP contribution is 2.48. The molecule has 2 aromatic rings. The molecular formula is C21H29N7O2. The van der Waals surface area contributed by atoms with Gasteiger partial charge in [0.05, 0.1) is 6.33 Å². The van der Waals surface area contributed by atoms with Crippen molar-refractivity contribution in [3.05, 3.63) is 12.7 Å². The molecule has 2 aromatic heterocycles. The Bertz CT molecular complexity index is 1000. The molecule has 0 aromatic carbocycles. The van der Waals surface area contributed by atoms with Crippen LogP contribution in [0.15, 0.2) is 12.7 Å². The molecule has 0 bridgehead atoms. The molecule has 5 rings (SSSR count). The van der Waals surface area contributed by atoms with Crippen molar-refractivity contribution < 1.29 is 9.59 Å². The van der Waals surface area contributed by atoms with Crippen molar-refractivity contribution in [1.82, 2.24) is 29.7 Å². The van der Waals surface area contributed by atoms with Gasteiger partial charge in [0.25, 0.3) is 0 Å². The average molecular weight is 412 g/mol. The predicted molar refractivity (Wildman–Crippen MR) is 111 cm³/mol. The van der Waals surface area contributed by atoms with Crippen LogP contribution in [0.4, 0.5) is 5.82 Å². The van der Waals surface area contributed by atoms with Crippen LogP contribution in [0, 0.1) is 11.3 Å². The number of amides is 2. The van der Waals surface area contributed by atoms with Crippen LogP contribution in [0.5, 0.6) is 0 Å². The molecule has 0 radical (unpaired) electrons. The highest BCUT2D eigenvalue weighted by molar-refractivity contribution is 5.90. The summed E-state index contributed by atoms with van der Waals surface area (Å²) in [4.78, 5) is 40.5. The summed E-state index contributed by atoms with van der Waals surface area (Å²) in [5, 5.41) is 3.25.